The first-order valence-corrected chi connectivity index (χ1v) is 7.00. The number of carbonyl (C=O) groups is 1. The van der Waals surface area contributed by atoms with Gasteiger partial charge in [-0.05, 0) is 47.3 Å². The second-order valence-electron chi connectivity index (χ2n) is 5.02. The molecule has 2 heterocycles. The first-order valence-electron chi connectivity index (χ1n) is 6.21. The van der Waals surface area contributed by atoms with Gasteiger partial charge in [0.25, 0.3) is 0 Å². The number of rotatable bonds is 1. The summed E-state index contributed by atoms with van der Waals surface area (Å²) >= 11 is 3.21. The van der Waals surface area contributed by atoms with Crippen LogP contribution in [0.3, 0.4) is 0 Å². The first-order chi connectivity index (χ1) is 9.41. The third-order valence-corrected chi connectivity index (χ3v) is 4.68. The third-order valence-electron chi connectivity index (χ3n) is 3.82. The third kappa shape index (κ3) is 2.85. The van der Waals surface area contributed by atoms with E-state index in [-0.39, 0.29) is 60.2 Å². The summed E-state index contributed by atoms with van der Waals surface area (Å²) in [7, 11) is 0. The van der Waals surface area contributed by atoms with Crippen LogP contribution in [0.4, 0.5) is 4.39 Å². The number of nitrogens with zero attached hydrogens (tertiary/aromatic N) is 1. The molecule has 0 fully saturated rings. The molecule has 1 aliphatic rings. The summed E-state index contributed by atoms with van der Waals surface area (Å²) in [6.07, 6.45) is 2.79. The predicted molar refractivity (Wildman–Crippen MR) is 88.0 cm³/mol. The molecule has 0 spiro atoms. The molecule has 1 unspecified atom stereocenters. The SMILES string of the molecule is CC1CCc2c(Br)c(F)cc3c(=O)c(C(=O)O)cn1c23.O.[CaH2]. The molecule has 1 aliphatic heterocycles. The molecule has 3 rings (SSSR count). The van der Waals surface area contributed by atoms with Crippen LogP contribution in [-0.4, -0.2) is 58.9 Å². The maximum absolute atomic E-state index is 13.9. The van der Waals surface area contributed by atoms with Gasteiger partial charge >= 0.3 is 43.7 Å². The molecule has 0 saturated carbocycles. The van der Waals surface area contributed by atoms with Crippen molar-refractivity contribution in [2.24, 2.45) is 0 Å². The van der Waals surface area contributed by atoms with E-state index in [2.05, 4.69) is 15.9 Å². The number of carboxylic acid groups (broad SMARTS) is 1. The fourth-order valence-electron chi connectivity index (χ4n) is 2.76. The molecule has 8 heteroatoms. The summed E-state index contributed by atoms with van der Waals surface area (Å²) < 4.78 is 16.0. The van der Waals surface area contributed by atoms with Gasteiger partial charge in [0.15, 0.2) is 0 Å². The van der Waals surface area contributed by atoms with Crippen LogP contribution in [0.2, 0.25) is 0 Å². The Labute approximate surface area is 163 Å². The van der Waals surface area contributed by atoms with E-state index in [1.54, 1.807) is 4.57 Å². The molecular formula is C14H15BrCaFNO4. The Morgan fingerprint density at radius 1 is 1.50 bits per heavy atom. The zero-order valence-electron chi connectivity index (χ0n) is 11.1. The Hall–Kier alpha value is -0.470. The van der Waals surface area contributed by atoms with Crippen molar-refractivity contribution in [1.82, 2.24) is 4.57 Å². The average Bonchev–Trinajstić information content (AvgIpc) is 2.39. The summed E-state index contributed by atoms with van der Waals surface area (Å²) in [6, 6.07) is 1.19. The van der Waals surface area contributed by atoms with Crippen molar-refractivity contribution in [3.8, 4) is 0 Å². The predicted octanol–water partition coefficient (Wildman–Crippen LogP) is 1.37. The quantitative estimate of drug-likeness (QED) is 0.733. The monoisotopic (exact) mass is 399 g/mol. The van der Waals surface area contributed by atoms with Gasteiger partial charge < -0.3 is 15.1 Å². The van der Waals surface area contributed by atoms with E-state index >= 15 is 0 Å². The Morgan fingerprint density at radius 2 is 2.14 bits per heavy atom. The maximum atomic E-state index is 13.9. The molecule has 1 aromatic heterocycles. The van der Waals surface area contributed by atoms with Gasteiger partial charge in [0, 0.05) is 17.6 Å². The van der Waals surface area contributed by atoms with Crippen molar-refractivity contribution in [3.05, 3.63) is 43.9 Å². The van der Waals surface area contributed by atoms with Crippen LogP contribution in [0.1, 0.15) is 35.3 Å². The standard InChI is InChI=1S/C14H11BrFNO3.Ca.H2O.2H/c1-6-2-3-7-11(15)10(16)4-8-12(7)17(6)5-9(13(8)18)14(19)20;;;;/h4-6H,2-3H2,1H3,(H,19,20);;1H2;;. The van der Waals surface area contributed by atoms with Crippen LogP contribution in [0.15, 0.2) is 21.5 Å². The molecule has 0 aliphatic carbocycles. The molecule has 0 radical (unpaired) electrons. The van der Waals surface area contributed by atoms with Crippen LogP contribution in [0.25, 0.3) is 10.9 Å². The molecule has 0 bridgehead atoms. The van der Waals surface area contributed by atoms with Crippen molar-refractivity contribution < 1.29 is 19.8 Å². The van der Waals surface area contributed by atoms with Gasteiger partial charge in [-0.15, -0.1) is 0 Å². The second kappa shape index (κ2) is 6.96. The first kappa shape index (κ1) is 19.6. The molecule has 116 valence electrons. The van der Waals surface area contributed by atoms with Crippen LogP contribution in [0.5, 0.6) is 0 Å². The number of pyridine rings is 1. The molecule has 22 heavy (non-hydrogen) atoms. The second-order valence-corrected chi connectivity index (χ2v) is 5.81. The normalized spacial score (nSPS) is 15.9. The number of aromatic nitrogens is 1. The van der Waals surface area contributed by atoms with Gasteiger partial charge in [0.05, 0.1) is 9.99 Å². The zero-order valence-corrected chi connectivity index (χ0v) is 12.7. The Kier molecular flexibility index (Phi) is 6.20. The summed E-state index contributed by atoms with van der Waals surface area (Å²) in [4.78, 5) is 23.4. The summed E-state index contributed by atoms with van der Waals surface area (Å²) in [5.41, 5.74) is 0.406. The van der Waals surface area contributed by atoms with Gasteiger partial charge in [0.1, 0.15) is 11.4 Å². The molecule has 1 aromatic carbocycles. The summed E-state index contributed by atoms with van der Waals surface area (Å²) in [5, 5.41) is 9.26. The van der Waals surface area contributed by atoms with Gasteiger partial charge in [-0.25, -0.2) is 9.18 Å². The van der Waals surface area contributed by atoms with Crippen LogP contribution >= 0.6 is 15.9 Å². The van der Waals surface area contributed by atoms with Crippen molar-refractivity contribution in [2.45, 2.75) is 25.8 Å². The Balaban J connectivity index is 0.00000121. The van der Waals surface area contributed by atoms with E-state index in [4.69, 9.17) is 5.11 Å². The van der Waals surface area contributed by atoms with Gasteiger partial charge in [0.2, 0.25) is 5.43 Å². The van der Waals surface area contributed by atoms with Crippen molar-refractivity contribution in [3.63, 3.8) is 0 Å². The van der Waals surface area contributed by atoms with Crippen molar-refractivity contribution in [2.75, 3.05) is 0 Å². The molecule has 0 amide bonds. The molecule has 3 N–H and O–H groups in total. The van der Waals surface area contributed by atoms with E-state index in [0.29, 0.717) is 16.4 Å². The Bertz CT molecular complexity index is 821. The Morgan fingerprint density at radius 3 is 2.73 bits per heavy atom. The van der Waals surface area contributed by atoms with Crippen molar-refractivity contribution >= 4 is 70.5 Å². The number of aromatic carboxylic acids is 1. The molecular weight excluding hydrogens is 385 g/mol. The summed E-state index contributed by atoms with van der Waals surface area (Å²) in [6.45, 7) is 1.95. The number of hydrogen-bond donors (Lipinski definition) is 1. The molecule has 2 aromatic rings. The number of aryl methyl sites for hydroxylation is 1. The fourth-order valence-corrected chi connectivity index (χ4v) is 3.27. The molecule has 1 atom stereocenters. The number of benzene rings is 1. The van der Waals surface area contributed by atoms with Crippen LogP contribution in [0, 0.1) is 5.82 Å². The van der Waals surface area contributed by atoms with E-state index in [1.165, 1.54) is 6.20 Å². The van der Waals surface area contributed by atoms with Crippen LogP contribution in [-0.2, 0) is 6.42 Å². The minimum absolute atomic E-state index is 0. The fraction of sp³-hybridized carbons (Fsp3) is 0.286. The van der Waals surface area contributed by atoms with E-state index in [0.717, 1.165) is 18.1 Å². The number of carboxylic acids is 1. The topological polar surface area (TPSA) is 90.8 Å². The summed E-state index contributed by atoms with van der Waals surface area (Å²) in [5.74, 6) is -1.82. The van der Waals surface area contributed by atoms with E-state index < -0.39 is 17.2 Å². The average molecular weight is 400 g/mol. The van der Waals surface area contributed by atoms with Crippen LogP contribution < -0.4 is 5.43 Å². The number of hydrogen-bond acceptors (Lipinski definition) is 2. The van der Waals surface area contributed by atoms with E-state index in [9.17, 15) is 14.0 Å². The van der Waals surface area contributed by atoms with Gasteiger partial charge in [-0.2, -0.15) is 0 Å². The van der Waals surface area contributed by atoms with Gasteiger partial charge in [-0.1, -0.05) is 0 Å². The molecule has 5 nitrogen and oxygen atoms in total. The van der Waals surface area contributed by atoms with Crippen molar-refractivity contribution in [1.29, 1.82) is 0 Å². The number of halogens is 2. The minimum atomic E-state index is -1.29. The van der Waals surface area contributed by atoms with Gasteiger partial charge in [-0.3, -0.25) is 4.79 Å². The molecule has 0 saturated heterocycles. The zero-order chi connectivity index (χ0) is 14.6. The van der Waals surface area contributed by atoms with E-state index in [1.807, 2.05) is 6.92 Å².